The molecule has 1 aromatic heterocycles. The van der Waals surface area contributed by atoms with E-state index in [2.05, 4.69) is 11.6 Å². The van der Waals surface area contributed by atoms with E-state index in [-0.39, 0.29) is 11.5 Å². The molecule has 0 bridgehead atoms. The zero-order valence-electron chi connectivity index (χ0n) is 8.69. The highest BCUT2D eigenvalue weighted by molar-refractivity contribution is 5.93. The van der Waals surface area contributed by atoms with Crippen LogP contribution in [-0.2, 0) is 0 Å². The molecule has 0 aliphatic rings. The standard InChI is InChI=1S/C11H14N2O2/c1-3-7-13(4-2)11(15)9-5-6-10(14)12-8-9/h3,5-6,8H,1,4,7H2,2H3,(H,12,14). The smallest absolute Gasteiger partial charge is 0.255 e. The summed E-state index contributed by atoms with van der Waals surface area (Å²) in [6.07, 6.45) is 3.10. The molecule has 0 radical (unpaired) electrons. The van der Waals surface area contributed by atoms with E-state index in [1.165, 1.54) is 18.3 Å². The predicted molar refractivity (Wildman–Crippen MR) is 58.8 cm³/mol. The van der Waals surface area contributed by atoms with Crippen molar-refractivity contribution in [1.29, 1.82) is 0 Å². The summed E-state index contributed by atoms with van der Waals surface area (Å²) in [4.78, 5) is 26.8. The summed E-state index contributed by atoms with van der Waals surface area (Å²) in [5.41, 5.74) is 0.275. The third kappa shape index (κ3) is 2.80. The molecule has 1 aromatic rings. The van der Waals surface area contributed by atoms with Crippen LogP contribution in [0.1, 0.15) is 17.3 Å². The van der Waals surface area contributed by atoms with Gasteiger partial charge in [-0.25, -0.2) is 0 Å². The molecule has 0 unspecified atom stereocenters. The Hall–Kier alpha value is -1.84. The molecule has 15 heavy (non-hydrogen) atoms. The van der Waals surface area contributed by atoms with E-state index in [9.17, 15) is 9.59 Å². The van der Waals surface area contributed by atoms with Gasteiger partial charge in [0.1, 0.15) is 0 Å². The maximum atomic E-state index is 11.8. The topological polar surface area (TPSA) is 53.2 Å². The quantitative estimate of drug-likeness (QED) is 0.748. The summed E-state index contributed by atoms with van der Waals surface area (Å²) in [6.45, 7) is 6.61. The molecule has 1 N–H and O–H groups in total. The summed E-state index contributed by atoms with van der Waals surface area (Å²) in [7, 11) is 0. The first kappa shape index (κ1) is 11.2. The van der Waals surface area contributed by atoms with Gasteiger partial charge in [0.25, 0.3) is 5.91 Å². The van der Waals surface area contributed by atoms with Gasteiger partial charge in [0.2, 0.25) is 5.56 Å². The maximum absolute atomic E-state index is 11.8. The lowest BCUT2D eigenvalue weighted by molar-refractivity contribution is 0.0781. The van der Waals surface area contributed by atoms with Crippen LogP contribution in [0.25, 0.3) is 0 Å². The van der Waals surface area contributed by atoms with Crippen molar-refractivity contribution >= 4 is 5.91 Å². The van der Waals surface area contributed by atoms with Crippen molar-refractivity contribution in [2.24, 2.45) is 0 Å². The average Bonchev–Trinajstić information content (AvgIpc) is 2.26. The Morgan fingerprint density at radius 1 is 1.60 bits per heavy atom. The number of amides is 1. The van der Waals surface area contributed by atoms with Crippen LogP contribution in [0.3, 0.4) is 0 Å². The van der Waals surface area contributed by atoms with Crippen molar-refractivity contribution in [3.05, 3.63) is 46.9 Å². The molecule has 4 nitrogen and oxygen atoms in total. The fourth-order valence-electron chi connectivity index (χ4n) is 1.24. The Labute approximate surface area is 88.2 Å². The second-order valence-corrected chi connectivity index (χ2v) is 3.07. The number of likely N-dealkylation sites (N-methyl/N-ethyl adjacent to an activating group) is 1. The second kappa shape index (κ2) is 5.14. The van der Waals surface area contributed by atoms with Crippen LogP contribution in [0.15, 0.2) is 35.8 Å². The molecule has 0 aliphatic heterocycles. The number of nitrogens with zero attached hydrogens (tertiary/aromatic N) is 1. The van der Waals surface area contributed by atoms with E-state index in [4.69, 9.17) is 0 Å². The summed E-state index contributed by atoms with van der Waals surface area (Å²) in [5.74, 6) is -0.103. The van der Waals surface area contributed by atoms with Gasteiger partial charge in [0.05, 0.1) is 5.56 Å². The molecule has 0 aromatic carbocycles. The first-order valence-corrected chi connectivity index (χ1v) is 4.78. The molecule has 4 heteroatoms. The molecule has 1 amide bonds. The lowest BCUT2D eigenvalue weighted by Gasteiger charge is -2.18. The Kier molecular flexibility index (Phi) is 3.85. The molecule has 1 rings (SSSR count). The van der Waals surface area contributed by atoms with Gasteiger partial charge in [-0.05, 0) is 13.0 Å². The zero-order valence-corrected chi connectivity index (χ0v) is 8.69. The lowest BCUT2D eigenvalue weighted by atomic mass is 10.2. The van der Waals surface area contributed by atoms with Crippen molar-refractivity contribution in [3.63, 3.8) is 0 Å². The molecule has 0 aliphatic carbocycles. The van der Waals surface area contributed by atoms with Crippen molar-refractivity contribution in [2.45, 2.75) is 6.92 Å². The monoisotopic (exact) mass is 206 g/mol. The number of H-pyrrole nitrogens is 1. The minimum Gasteiger partial charge on any atom is -0.335 e. The largest absolute Gasteiger partial charge is 0.335 e. The molecule has 0 saturated carbocycles. The van der Waals surface area contributed by atoms with Gasteiger partial charge in [0.15, 0.2) is 0 Å². The van der Waals surface area contributed by atoms with Gasteiger partial charge in [-0.1, -0.05) is 6.08 Å². The summed E-state index contributed by atoms with van der Waals surface area (Å²) in [6, 6.07) is 2.86. The first-order chi connectivity index (χ1) is 7.19. The van der Waals surface area contributed by atoms with Crippen LogP contribution >= 0.6 is 0 Å². The minimum atomic E-state index is -0.210. The van der Waals surface area contributed by atoms with Gasteiger partial charge in [-0.3, -0.25) is 9.59 Å². The number of carbonyl (C=O) groups is 1. The van der Waals surface area contributed by atoms with Crippen LogP contribution in [0.2, 0.25) is 0 Å². The predicted octanol–water partition coefficient (Wildman–Crippen LogP) is 1.02. The van der Waals surface area contributed by atoms with Crippen LogP contribution < -0.4 is 5.56 Å². The van der Waals surface area contributed by atoms with Crippen molar-refractivity contribution in [2.75, 3.05) is 13.1 Å². The number of rotatable bonds is 4. The highest BCUT2D eigenvalue weighted by Gasteiger charge is 2.12. The third-order valence-corrected chi connectivity index (χ3v) is 2.05. The molecule has 0 saturated heterocycles. The Balaban J connectivity index is 2.87. The van der Waals surface area contributed by atoms with E-state index in [0.717, 1.165) is 0 Å². The van der Waals surface area contributed by atoms with E-state index in [1.54, 1.807) is 11.0 Å². The van der Waals surface area contributed by atoms with Gasteiger partial charge in [-0.15, -0.1) is 6.58 Å². The van der Waals surface area contributed by atoms with Crippen molar-refractivity contribution in [3.8, 4) is 0 Å². The van der Waals surface area contributed by atoms with E-state index in [1.807, 2.05) is 6.92 Å². The minimum absolute atomic E-state index is 0.103. The van der Waals surface area contributed by atoms with Crippen LogP contribution in [0.4, 0.5) is 0 Å². The fourth-order valence-corrected chi connectivity index (χ4v) is 1.24. The van der Waals surface area contributed by atoms with Gasteiger partial charge in [-0.2, -0.15) is 0 Å². The molecular formula is C11H14N2O2. The number of pyridine rings is 1. The SMILES string of the molecule is C=CCN(CC)C(=O)c1ccc(=O)[nH]c1. The lowest BCUT2D eigenvalue weighted by Crippen LogP contribution is -2.31. The molecule has 0 atom stereocenters. The second-order valence-electron chi connectivity index (χ2n) is 3.07. The van der Waals surface area contributed by atoms with Gasteiger partial charge < -0.3 is 9.88 Å². The first-order valence-electron chi connectivity index (χ1n) is 4.78. The molecule has 0 fully saturated rings. The maximum Gasteiger partial charge on any atom is 0.255 e. The van der Waals surface area contributed by atoms with Crippen LogP contribution in [0.5, 0.6) is 0 Å². The highest BCUT2D eigenvalue weighted by atomic mass is 16.2. The Morgan fingerprint density at radius 3 is 2.80 bits per heavy atom. The van der Waals surface area contributed by atoms with Crippen molar-refractivity contribution in [1.82, 2.24) is 9.88 Å². The molecule has 80 valence electrons. The molecular weight excluding hydrogens is 192 g/mol. The summed E-state index contributed by atoms with van der Waals surface area (Å²) in [5, 5.41) is 0. The van der Waals surface area contributed by atoms with E-state index >= 15 is 0 Å². The number of aromatic amines is 1. The molecule has 0 spiro atoms. The Bertz CT molecular complexity index is 389. The van der Waals surface area contributed by atoms with Gasteiger partial charge >= 0.3 is 0 Å². The average molecular weight is 206 g/mol. The van der Waals surface area contributed by atoms with Crippen LogP contribution in [-0.4, -0.2) is 28.9 Å². The third-order valence-electron chi connectivity index (χ3n) is 2.05. The van der Waals surface area contributed by atoms with E-state index in [0.29, 0.717) is 18.7 Å². The van der Waals surface area contributed by atoms with E-state index < -0.39 is 0 Å². The summed E-state index contributed by atoms with van der Waals surface area (Å²) >= 11 is 0. The number of aromatic nitrogens is 1. The van der Waals surface area contributed by atoms with Crippen molar-refractivity contribution < 1.29 is 4.79 Å². The summed E-state index contributed by atoms with van der Waals surface area (Å²) < 4.78 is 0. The number of carbonyl (C=O) groups excluding carboxylic acids is 1. The Morgan fingerprint density at radius 2 is 2.33 bits per heavy atom. The normalized spacial score (nSPS) is 9.67. The fraction of sp³-hybridized carbons (Fsp3) is 0.273. The number of hydrogen-bond donors (Lipinski definition) is 1. The van der Waals surface area contributed by atoms with Crippen LogP contribution in [0, 0.1) is 0 Å². The zero-order chi connectivity index (χ0) is 11.3. The molecule has 1 heterocycles. The highest BCUT2D eigenvalue weighted by Crippen LogP contribution is 2.01. The van der Waals surface area contributed by atoms with Gasteiger partial charge in [0, 0.05) is 25.4 Å². The number of hydrogen-bond acceptors (Lipinski definition) is 2. The number of nitrogens with one attached hydrogen (secondary N) is 1.